The third-order valence-corrected chi connectivity index (χ3v) is 3.46. The maximum Gasteiger partial charge on any atom is 0.321 e. The van der Waals surface area contributed by atoms with Gasteiger partial charge < -0.3 is 15.1 Å². The molecule has 0 spiro atoms. The monoisotopic (exact) mass is 271 g/mol. The highest BCUT2D eigenvalue weighted by atomic mass is 16.3. The van der Waals surface area contributed by atoms with Crippen molar-refractivity contribution < 1.29 is 9.21 Å². The van der Waals surface area contributed by atoms with Crippen LogP contribution in [-0.4, -0.2) is 19.1 Å². The molecular formula is C15H17N3O2. The molecule has 20 heavy (non-hydrogen) atoms. The molecule has 0 atom stereocenters. The van der Waals surface area contributed by atoms with Crippen molar-refractivity contribution >= 4 is 17.4 Å². The molecule has 0 saturated carbocycles. The van der Waals surface area contributed by atoms with Crippen LogP contribution in [0.4, 0.5) is 16.2 Å². The topological polar surface area (TPSA) is 57.5 Å². The van der Waals surface area contributed by atoms with Gasteiger partial charge in [0.2, 0.25) is 0 Å². The van der Waals surface area contributed by atoms with Crippen LogP contribution in [0.5, 0.6) is 0 Å². The number of anilines is 2. The van der Waals surface area contributed by atoms with E-state index in [1.807, 2.05) is 37.3 Å². The van der Waals surface area contributed by atoms with E-state index in [0.717, 1.165) is 29.2 Å². The van der Waals surface area contributed by atoms with Gasteiger partial charge in [-0.15, -0.1) is 0 Å². The van der Waals surface area contributed by atoms with E-state index in [2.05, 4.69) is 10.6 Å². The Labute approximate surface area is 117 Å². The Morgan fingerprint density at radius 2 is 2.10 bits per heavy atom. The fourth-order valence-corrected chi connectivity index (χ4v) is 2.24. The van der Waals surface area contributed by atoms with E-state index in [9.17, 15) is 4.79 Å². The summed E-state index contributed by atoms with van der Waals surface area (Å²) < 4.78 is 5.38. The van der Waals surface area contributed by atoms with E-state index in [4.69, 9.17) is 4.42 Å². The number of hydrogen-bond acceptors (Lipinski definition) is 3. The predicted molar refractivity (Wildman–Crippen MR) is 78.0 cm³/mol. The number of carbonyl (C=O) groups excluding carboxylic acids is 1. The van der Waals surface area contributed by atoms with Crippen LogP contribution in [0.15, 0.2) is 41.0 Å². The number of rotatable bonds is 4. The second-order valence-corrected chi connectivity index (χ2v) is 4.81. The van der Waals surface area contributed by atoms with Crippen molar-refractivity contribution in [1.82, 2.24) is 5.32 Å². The van der Waals surface area contributed by atoms with Crippen molar-refractivity contribution in [2.75, 3.05) is 23.3 Å². The summed E-state index contributed by atoms with van der Waals surface area (Å²) >= 11 is 0. The number of nitrogens with one attached hydrogen (secondary N) is 2. The number of amides is 2. The van der Waals surface area contributed by atoms with Crippen LogP contribution >= 0.6 is 0 Å². The predicted octanol–water partition coefficient (Wildman–Crippen LogP) is 2.73. The molecule has 0 radical (unpaired) electrons. The first-order valence-electron chi connectivity index (χ1n) is 6.66. The second kappa shape index (κ2) is 5.28. The minimum atomic E-state index is -0.0306. The zero-order chi connectivity index (χ0) is 13.9. The molecule has 0 aliphatic carbocycles. The molecule has 104 valence electrons. The van der Waals surface area contributed by atoms with Crippen molar-refractivity contribution in [2.24, 2.45) is 0 Å². The van der Waals surface area contributed by atoms with Gasteiger partial charge in [0.25, 0.3) is 0 Å². The zero-order valence-corrected chi connectivity index (χ0v) is 11.3. The lowest BCUT2D eigenvalue weighted by Crippen LogP contribution is -2.27. The van der Waals surface area contributed by atoms with Crippen molar-refractivity contribution in [3.05, 3.63) is 47.9 Å². The molecule has 1 aromatic carbocycles. The zero-order valence-electron chi connectivity index (χ0n) is 11.3. The highest BCUT2D eigenvalue weighted by Crippen LogP contribution is 2.20. The molecule has 1 saturated heterocycles. The summed E-state index contributed by atoms with van der Waals surface area (Å²) in [5.41, 5.74) is 3.06. The first-order valence-corrected chi connectivity index (χ1v) is 6.66. The van der Waals surface area contributed by atoms with Crippen LogP contribution in [0.2, 0.25) is 0 Å². The van der Waals surface area contributed by atoms with E-state index in [1.54, 1.807) is 11.2 Å². The summed E-state index contributed by atoms with van der Waals surface area (Å²) in [5, 5.41) is 6.10. The average molecular weight is 271 g/mol. The van der Waals surface area contributed by atoms with Gasteiger partial charge in [0.1, 0.15) is 5.76 Å². The molecule has 5 nitrogen and oxygen atoms in total. The number of urea groups is 1. The smallest absolute Gasteiger partial charge is 0.321 e. The summed E-state index contributed by atoms with van der Waals surface area (Å²) in [4.78, 5) is 13.3. The number of nitrogens with zero attached hydrogens (tertiary/aromatic N) is 1. The minimum absolute atomic E-state index is 0.0306. The van der Waals surface area contributed by atoms with Gasteiger partial charge in [-0.05, 0) is 42.8 Å². The molecule has 0 unspecified atom stereocenters. The Morgan fingerprint density at radius 1 is 1.30 bits per heavy atom. The van der Waals surface area contributed by atoms with Crippen LogP contribution < -0.4 is 15.5 Å². The van der Waals surface area contributed by atoms with Crippen LogP contribution in [0, 0.1) is 6.92 Å². The third-order valence-electron chi connectivity index (χ3n) is 3.46. The molecular weight excluding hydrogens is 254 g/mol. The number of benzene rings is 1. The molecule has 2 heterocycles. The van der Waals surface area contributed by atoms with Gasteiger partial charge in [0.15, 0.2) is 0 Å². The largest absolute Gasteiger partial charge is 0.467 e. The van der Waals surface area contributed by atoms with Crippen LogP contribution in [0.25, 0.3) is 0 Å². The summed E-state index contributed by atoms with van der Waals surface area (Å²) in [6.07, 6.45) is 1.70. The first-order chi connectivity index (χ1) is 9.74. The second-order valence-electron chi connectivity index (χ2n) is 4.81. The van der Waals surface area contributed by atoms with Gasteiger partial charge >= 0.3 is 6.03 Å². The number of aryl methyl sites for hydroxylation is 1. The number of carbonyl (C=O) groups is 1. The fraction of sp³-hybridized carbons (Fsp3) is 0.267. The fourth-order valence-electron chi connectivity index (χ4n) is 2.24. The van der Waals surface area contributed by atoms with Gasteiger partial charge in [-0.2, -0.15) is 0 Å². The maximum absolute atomic E-state index is 11.6. The lowest BCUT2D eigenvalue weighted by atomic mass is 10.2. The van der Waals surface area contributed by atoms with Gasteiger partial charge in [-0.25, -0.2) is 4.79 Å². The lowest BCUT2D eigenvalue weighted by molar-refractivity contribution is 0.252. The normalized spacial score (nSPS) is 14.4. The molecule has 2 amide bonds. The van der Waals surface area contributed by atoms with E-state index in [0.29, 0.717) is 13.1 Å². The van der Waals surface area contributed by atoms with Crippen LogP contribution in [-0.2, 0) is 6.54 Å². The van der Waals surface area contributed by atoms with Crippen molar-refractivity contribution in [1.29, 1.82) is 0 Å². The van der Waals surface area contributed by atoms with Crippen molar-refractivity contribution in [3.8, 4) is 0 Å². The SMILES string of the molecule is Cc1ccoc1CNc1ccc(N2CCNC2=O)cc1. The minimum Gasteiger partial charge on any atom is -0.467 e. The number of hydrogen-bond donors (Lipinski definition) is 2. The summed E-state index contributed by atoms with van der Waals surface area (Å²) in [6.45, 7) is 4.10. The highest BCUT2D eigenvalue weighted by Gasteiger charge is 2.20. The molecule has 1 aliphatic rings. The van der Waals surface area contributed by atoms with Gasteiger partial charge in [0, 0.05) is 24.5 Å². The third kappa shape index (κ3) is 2.47. The molecule has 3 rings (SSSR count). The lowest BCUT2D eigenvalue weighted by Gasteiger charge is -2.14. The molecule has 2 N–H and O–H groups in total. The van der Waals surface area contributed by atoms with Gasteiger partial charge in [-0.3, -0.25) is 4.90 Å². The summed E-state index contributed by atoms with van der Waals surface area (Å²) in [5.74, 6) is 0.938. The maximum atomic E-state index is 11.6. The molecule has 1 aromatic heterocycles. The average Bonchev–Trinajstić information content (AvgIpc) is 3.06. The molecule has 0 bridgehead atoms. The van der Waals surface area contributed by atoms with Gasteiger partial charge in [-0.1, -0.05) is 0 Å². The Bertz CT molecular complexity index is 604. The Hall–Kier alpha value is -2.43. The van der Waals surface area contributed by atoms with Crippen molar-refractivity contribution in [3.63, 3.8) is 0 Å². The van der Waals surface area contributed by atoms with Gasteiger partial charge in [0.05, 0.1) is 12.8 Å². The highest BCUT2D eigenvalue weighted by molar-refractivity contribution is 5.94. The molecule has 5 heteroatoms. The number of furan rings is 1. The van der Waals surface area contributed by atoms with Crippen LogP contribution in [0.1, 0.15) is 11.3 Å². The Balaban J connectivity index is 1.64. The van der Waals surface area contributed by atoms with Crippen molar-refractivity contribution in [2.45, 2.75) is 13.5 Å². The molecule has 1 fully saturated rings. The van der Waals surface area contributed by atoms with E-state index >= 15 is 0 Å². The molecule has 2 aromatic rings. The quantitative estimate of drug-likeness (QED) is 0.899. The summed E-state index contributed by atoms with van der Waals surface area (Å²) in [6, 6.07) is 9.76. The summed E-state index contributed by atoms with van der Waals surface area (Å²) in [7, 11) is 0. The Morgan fingerprint density at radius 3 is 2.70 bits per heavy atom. The Kier molecular flexibility index (Phi) is 3.33. The van der Waals surface area contributed by atoms with Crippen LogP contribution in [0.3, 0.4) is 0 Å². The van der Waals surface area contributed by atoms with E-state index in [1.165, 1.54) is 0 Å². The first kappa shape index (κ1) is 12.6. The molecule has 1 aliphatic heterocycles. The standard InChI is InChI=1S/C15H17N3O2/c1-11-6-9-20-14(11)10-17-12-2-4-13(5-3-12)18-8-7-16-15(18)19/h2-6,9,17H,7-8,10H2,1H3,(H,16,19). The van der Waals surface area contributed by atoms with E-state index in [-0.39, 0.29) is 6.03 Å². The van der Waals surface area contributed by atoms with E-state index < -0.39 is 0 Å².